The van der Waals surface area contributed by atoms with Crippen molar-refractivity contribution in [2.75, 3.05) is 0 Å². The summed E-state index contributed by atoms with van der Waals surface area (Å²) in [4.78, 5) is 1.20. The van der Waals surface area contributed by atoms with Crippen LogP contribution in [0.3, 0.4) is 0 Å². The van der Waals surface area contributed by atoms with E-state index in [1.807, 2.05) is 6.07 Å². The van der Waals surface area contributed by atoms with E-state index in [4.69, 9.17) is 5.69 Å². The Morgan fingerprint density at radius 2 is 1.70 bits per heavy atom. The minimum atomic E-state index is 1.20. The summed E-state index contributed by atoms with van der Waals surface area (Å²) in [5, 5.41) is 0. The van der Waals surface area contributed by atoms with Gasteiger partial charge in [0, 0.05) is 4.90 Å². The third-order valence-corrected chi connectivity index (χ3v) is 2.41. The van der Waals surface area contributed by atoms with Gasteiger partial charge in [-0.2, -0.15) is 0 Å². The first kappa shape index (κ1) is 7.33. The Kier molecular flexibility index (Phi) is 2.10. The molecule has 1 heteroatoms. The maximum absolute atomic E-state index is 5.47. The Balaban J connectivity index is 3.34. The Labute approximate surface area is 65.5 Å². The van der Waals surface area contributed by atoms with Crippen LogP contribution in [0, 0.1) is 19.5 Å². The highest BCUT2D eigenvalue weighted by molar-refractivity contribution is 7.88. The molecule has 0 nitrogen and oxygen atoms in total. The van der Waals surface area contributed by atoms with Gasteiger partial charge >= 0.3 is 0 Å². The molecule has 0 radical (unpaired) electrons. The van der Waals surface area contributed by atoms with Gasteiger partial charge in [0.25, 0.3) is 0 Å². The van der Waals surface area contributed by atoms with Gasteiger partial charge in [-0.1, -0.05) is 18.2 Å². The van der Waals surface area contributed by atoms with Crippen molar-refractivity contribution < 1.29 is 0 Å². The molecule has 1 rings (SSSR count). The highest BCUT2D eigenvalue weighted by atomic mass is 32.1. The molecular weight excluding hydrogens is 140 g/mol. The molecule has 0 N–H and O–H groups in total. The lowest BCUT2D eigenvalue weighted by atomic mass is 10.2. The van der Waals surface area contributed by atoms with Gasteiger partial charge in [0.2, 0.25) is 0 Å². The number of hydrogen-bond donors (Lipinski definition) is 0. The molecule has 0 atom stereocenters. The van der Waals surface area contributed by atoms with Gasteiger partial charge < -0.3 is 0 Å². The molecule has 0 aromatic heterocycles. The van der Waals surface area contributed by atoms with Crippen molar-refractivity contribution in [3.8, 4) is 5.69 Å². The second kappa shape index (κ2) is 2.87. The van der Waals surface area contributed by atoms with Crippen molar-refractivity contribution in [1.29, 1.82) is 0 Å². The van der Waals surface area contributed by atoms with E-state index in [9.17, 15) is 0 Å². The predicted molar refractivity (Wildman–Crippen MR) is 46.7 cm³/mol. The van der Waals surface area contributed by atoms with Crippen LogP contribution in [0.4, 0.5) is 0 Å². The van der Waals surface area contributed by atoms with E-state index in [0.29, 0.717) is 0 Å². The minimum Gasteiger partial charge on any atom is -0.102 e. The maximum Gasteiger partial charge on any atom is 0.0406 e. The molecule has 0 saturated heterocycles. The van der Waals surface area contributed by atoms with Crippen molar-refractivity contribution in [1.82, 2.24) is 0 Å². The third kappa shape index (κ3) is 1.21. The summed E-state index contributed by atoms with van der Waals surface area (Å²) >= 11 is 1.32. The van der Waals surface area contributed by atoms with E-state index in [-0.39, 0.29) is 0 Å². The lowest BCUT2D eigenvalue weighted by Gasteiger charge is -1.99. The average molecular weight is 150 g/mol. The Bertz CT molecular complexity index is 261. The van der Waals surface area contributed by atoms with Crippen LogP contribution < -0.4 is 0 Å². The molecule has 0 aliphatic rings. The zero-order valence-electron chi connectivity index (χ0n) is 6.22. The van der Waals surface area contributed by atoms with E-state index in [2.05, 4.69) is 26.0 Å². The zero-order valence-corrected chi connectivity index (χ0v) is 7.03. The summed E-state index contributed by atoms with van der Waals surface area (Å²) in [5.74, 6) is 0. The SMILES string of the molecule is C#Sc1c(C)cccc1C. The lowest BCUT2D eigenvalue weighted by molar-refractivity contribution is 1.23. The Morgan fingerprint density at radius 1 is 1.20 bits per heavy atom. The average Bonchev–Trinajstić information content (AvgIpc) is 1.88. The lowest BCUT2D eigenvalue weighted by Crippen LogP contribution is -1.79. The first-order chi connectivity index (χ1) is 4.75. The fourth-order valence-electron chi connectivity index (χ4n) is 0.985. The van der Waals surface area contributed by atoms with Crippen molar-refractivity contribution in [3.63, 3.8) is 0 Å². The highest BCUT2D eigenvalue weighted by Gasteiger charge is 1.95. The van der Waals surface area contributed by atoms with Gasteiger partial charge in [-0.15, -0.1) is 16.9 Å². The summed E-state index contributed by atoms with van der Waals surface area (Å²) in [6.45, 7) is 4.14. The number of benzene rings is 1. The zero-order chi connectivity index (χ0) is 7.56. The van der Waals surface area contributed by atoms with Crippen LogP contribution in [0.2, 0.25) is 0 Å². The van der Waals surface area contributed by atoms with Gasteiger partial charge in [-0.25, -0.2) is 0 Å². The van der Waals surface area contributed by atoms with Crippen LogP contribution >= 0.6 is 11.2 Å². The molecule has 0 amide bonds. The summed E-state index contributed by atoms with van der Waals surface area (Å²) in [7, 11) is 0. The quantitative estimate of drug-likeness (QED) is 0.533. The molecule has 0 heterocycles. The van der Waals surface area contributed by atoms with E-state index >= 15 is 0 Å². The monoisotopic (exact) mass is 150 g/mol. The van der Waals surface area contributed by atoms with Crippen molar-refractivity contribution in [2.24, 2.45) is 0 Å². The summed E-state index contributed by atoms with van der Waals surface area (Å²) < 4.78 is 0. The van der Waals surface area contributed by atoms with Crippen LogP contribution in [-0.2, 0) is 0 Å². The molecule has 0 fully saturated rings. The molecule has 0 spiro atoms. The number of hydrogen-bond acceptors (Lipinski definition) is 0. The molecule has 10 heavy (non-hydrogen) atoms. The maximum atomic E-state index is 5.47. The standard InChI is InChI=1S/C9H10S/c1-7-5-4-6-8(2)9(7)10-3/h3-6H,1-2H3. The second-order valence-electron chi connectivity index (χ2n) is 2.34. The molecule has 0 saturated carbocycles. The summed E-state index contributed by atoms with van der Waals surface area (Å²) in [6.07, 6.45) is 0. The van der Waals surface area contributed by atoms with Crippen LogP contribution in [-0.4, -0.2) is 0 Å². The van der Waals surface area contributed by atoms with E-state index in [1.54, 1.807) is 0 Å². The second-order valence-corrected chi connectivity index (χ2v) is 2.98. The topological polar surface area (TPSA) is 0 Å². The van der Waals surface area contributed by atoms with Crippen LogP contribution in [0.15, 0.2) is 23.1 Å². The fourth-order valence-corrected chi connectivity index (χ4v) is 1.49. The smallest absolute Gasteiger partial charge is 0.0406 e. The van der Waals surface area contributed by atoms with Gasteiger partial charge in [-0.05, 0) is 25.0 Å². The van der Waals surface area contributed by atoms with Gasteiger partial charge in [0.05, 0.1) is 0 Å². The van der Waals surface area contributed by atoms with Crippen LogP contribution in [0.5, 0.6) is 0 Å². The molecule has 1 aromatic carbocycles. The van der Waals surface area contributed by atoms with E-state index in [0.717, 1.165) is 0 Å². The minimum absolute atomic E-state index is 1.20. The number of rotatable bonds is 0. The summed E-state index contributed by atoms with van der Waals surface area (Å²) in [6, 6.07) is 6.19. The largest absolute Gasteiger partial charge is 0.102 e. The van der Waals surface area contributed by atoms with Crippen LogP contribution in [0.1, 0.15) is 11.1 Å². The molecular formula is C9H10S. The van der Waals surface area contributed by atoms with Crippen molar-refractivity contribution in [3.05, 3.63) is 29.3 Å². The van der Waals surface area contributed by atoms with E-state index in [1.165, 1.54) is 27.2 Å². The van der Waals surface area contributed by atoms with Crippen molar-refractivity contribution >= 4 is 11.2 Å². The molecule has 0 bridgehead atoms. The Morgan fingerprint density at radius 3 is 2.00 bits per heavy atom. The normalized spacial score (nSPS) is 9.30. The third-order valence-electron chi connectivity index (χ3n) is 1.53. The summed E-state index contributed by atoms with van der Waals surface area (Å²) in [5.41, 5.74) is 7.98. The molecule has 0 aliphatic carbocycles. The van der Waals surface area contributed by atoms with Gasteiger partial charge in [-0.3, -0.25) is 0 Å². The van der Waals surface area contributed by atoms with Gasteiger partial charge in [0.1, 0.15) is 0 Å². The first-order valence-electron chi connectivity index (χ1n) is 3.18. The molecule has 0 aliphatic heterocycles. The highest BCUT2D eigenvalue weighted by Crippen LogP contribution is 2.18. The predicted octanol–water partition coefficient (Wildman–Crippen LogP) is 2.98. The molecule has 52 valence electrons. The van der Waals surface area contributed by atoms with E-state index < -0.39 is 0 Å². The van der Waals surface area contributed by atoms with Crippen molar-refractivity contribution in [2.45, 2.75) is 18.7 Å². The fraction of sp³-hybridized carbons (Fsp3) is 0.222. The molecule has 1 aromatic rings. The number of aryl methyl sites for hydroxylation is 2. The Hall–Kier alpha value is -0.780. The van der Waals surface area contributed by atoms with Crippen LogP contribution in [0.25, 0.3) is 0 Å². The van der Waals surface area contributed by atoms with Gasteiger partial charge in [0.15, 0.2) is 0 Å². The first-order valence-corrected chi connectivity index (χ1v) is 4.06. The molecule has 0 unspecified atom stereocenters.